The molecular formula is C14H17N3O3S. The summed E-state index contributed by atoms with van der Waals surface area (Å²) >= 11 is 0. The summed E-state index contributed by atoms with van der Waals surface area (Å²) in [5, 5.41) is 2.80. The third kappa shape index (κ3) is 3.85. The molecule has 0 saturated carbocycles. The Labute approximate surface area is 124 Å². The van der Waals surface area contributed by atoms with E-state index in [1.165, 1.54) is 18.3 Å². The first-order valence-corrected chi connectivity index (χ1v) is 7.93. The minimum absolute atomic E-state index is 0.149. The van der Waals surface area contributed by atoms with Crippen LogP contribution < -0.4 is 14.8 Å². The lowest BCUT2D eigenvalue weighted by Crippen LogP contribution is -2.13. The smallest absolute Gasteiger partial charge is 0.262 e. The summed E-state index contributed by atoms with van der Waals surface area (Å²) in [5.41, 5.74) is 0.473. The van der Waals surface area contributed by atoms with Crippen molar-refractivity contribution < 1.29 is 13.2 Å². The molecule has 1 aromatic carbocycles. The molecule has 21 heavy (non-hydrogen) atoms. The first kappa shape index (κ1) is 15.1. The van der Waals surface area contributed by atoms with Crippen molar-refractivity contribution in [2.24, 2.45) is 0 Å². The van der Waals surface area contributed by atoms with Crippen LogP contribution in [0.5, 0.6) is 5.75 Å². The number of anilines is 2. The Morgan fingerprint density at radius 2 is 1.90 bits per heavy atom. The van der Waals surface area contributed by atoms with Gasteiger partial charge in [-0.05, 0) is 37.3 Å². The van der Waals surface area contributed by atoms with Gasteiger partial charge in [0.25, 0.3) is 10.0 Å². The minimum Gasteiger partial charge on any atom is -0.494 e. The van der Waals surface area contributed by atoms with Gasteiger partial charge in [0.2, 0.25) is 0 Å². The van der Waals surface area contributed by atoms with E-state index in [1.54, 1.807) is 31.3 Å². The lowest BCUT2D eigenvalue weighted by molar-refractivity contribution is 0.340. The van der Waals surface area contributed by atoms with Crippen molar-refractivity contribution in [3.63, 3.8) is 0 Å². The molecule has 0 aliphatic rings. The Hall–Kier alpha value is -2.28. The second-order valence-electron chi connectivity index (χ2n) is 4.19. The van der Waals surface area contributed by atoms with Gasteiger partial charge in [0.1, 0.15) is 11.6 Å². The first-order valence-electron chi connectivity index (χ1n) is 6.44. The number of pyridine rings is 1. The predicted molar refractivity (Wildman–Crippen MR) is 82.2 cm³/mol. The van der Waals surface area contributed by atoms with Crippen LogP contribution >= 0.6 is 0 Å². The standard InChI is InChI=1S/C14H17N3O3S/c1-3-20-12-6-4-11(5-7-12)17-21(18,19)13-8-9-16-14(10-13)15-2/h4-10,17H,3H2,1-2H3,(H,15,16). The van der Waals surface area contributed by atoms with Gasteiger partial charge in [0, 0.05) is 25.0 Å². The summed E-state index contributed by atoms with van der Waals surface area (Å²) in [6.07, 6.45) is 1.44. The van der Waals surface area contributed by atoms with Crippen molar-refractivity contribution in [2.75, 3.05) is 23.7 Å². The Morgan fingerprint density at radius 1 is 1.19 bits per heavy atom. The molecule has 0 saturated heterocycles. The monoisotopic (exact) mass is 307 g/mol. The van der Waals surface area contributed by atoms with E-state index in [1.807, 2.05) is 6.92 Å². The van der Waals surface area contributed by atoms with Crippen molar-refractivity contribution in [3.05, 3.63) is 42.6 Å². The van der Waals surface area contributed by atoms with E-state index in [0.29, 0.717) is 23.9 Å². The predicted octanol–water partition coefficient (Wildman–Crippen LogP) is 2.32. The molecule has 0 atom stereocenters. The number of nitrogens with one attached hydrogen (secondary N) is 2. The zero-order chi connectivity index (χ0) is 15.3. The fourth-order valence-corrected chi connectivity index (χ4v) is 2.79. The van der Waals surface area contributed by atoms with Crippen LogP contribution in [0.4, 0.5) is 11.5 Å². The Kier molecular flexibility index (Phi) is 4.64. The van der Waals surface area contributed by atoms with E-state index in [9.17, 15) is 8.42 Å². The zero-order valence-electron chi connectivity index (χ0n) is 11.8. The number of sulfonamides is 1. The molecule has 0 unspecified atom stereocenters. The molecule has 0 amide bonds. The average Bonchev–Trinajstić information content (AvgIpc) is 2.49. The number of rotatable bonds is 6. The van der Waals surface area contributed by atoms with Crippen molar-refractivity contribution in [1.29, 1.82) is 0 Å². The van der Waals surface area contributed by atoms with Gasteiger partial charge in [-0.25, -0.2) is 13.4 Å². The molecule has 1 aromatic heterocycles. The molecule has 2 N–H and O–H groups in total. The zero-order valence-corrected chi connectivity index (χ0v) is 12.6. The highest BCUT2D eigenvalue weighted by molar-refractivity contribution is 7.92. The summed E-state index contributed by atoms with van der Waals surface area (Å²) in [4.78, 5) is 4.14. The Bertz CT molecular complexity index is 700. The van der Waals surface area contributed by atoms with E-state index in [0.717, 1.165) is 0 Å². The third-order valence-corrected chi connectivity index (χ3v) is 4.09. The maximum Gasteiger partial charge on any atom is 0.262 e. The fourth-order valence-electron chi connectivity index (χ4n) is 1.71. The average molecular weight is 307 g/mol. The summed E-state index contributed by atoms with van der Waals surface area (Å²) in [6, 6.07) is 9.65. The topological polar surface area (TPSA) is 80.3 Å². The van der Waals surface area contributed by atoms with Crippen LogP contribution in [0, 0.1) is 0 Å². The van der Waals surface area contributed by atoms with Crippen LogP contribution in [0.3, 0.4) is 0 Å². The van der Waals surface area contributed by atoms with Crippen LogP contribution in [-0.2, 0) is 10.0 Å². The summed E-state index contributed by atoms with van der Waals surface area (Å²) in [7, 11) is -1.96. The molecule has 0 bridgehead atoms. The molecule has 2 aromatic rings. The van der Waals surface area contributed by atoms with Gasteiger partial charge in [-0.2, -0.15) is 0 Å². The highest BCUT2D eigenvalue weighted by Gasteiger charge is 2.14. The van der Waals surface area contributed by atoms with Crippen molar-refractivity contribution in [3.8, 4) is 5.75 Å². The molecule has 1 heterocycles. The van der Waals surface area contributed by atoms with Crippen LogP contribution in [-0.4, -0.2) is 27.1 Å². The van der Waals surface area contributed by atoms with Crippen molar-refractivity contribution in [1.82, 2.24) is 4.98 Å². The number of ether oxygens (including phenoxy) is 1. The third-order valence-electron chi connectivity index (χ3n) is 2.72. The quantitative estimate of drug-likeness (QED) is 0.856. The largest absolute Gasteiger partial charge is 0.494 e. The second kappa shape index (κ2) is 6.45. The molecule has 2 rings (SSSR count). The lowest BCUT2D eigenvalue weighted by atomic mass is 10.3. The molecule has 0 aliphatic heterocycles. The van der Waals surface area contributed by atoms with E-state index in [2.05, 4.69) is 15.0 Å². The van der Waals surface area contributed by atoms with Crippen LogP contribution in [0.25, 0.3) is 0 Å². The lowest BCUT2D eigenvalue weighted by Gasteiger charge is -2.10. The molecule has 0 radical (unpaired) electrons. The van der Waals surface area contributed by atoms with Gasteiger partial charge >= 0.3 is 0 Å². The molecule has 0 aliphatic carbocycles. The van der Waals surface area contributed by atoms with Gasteiger partial charge < -0.3 is 10.1 Å². The van der Waals surface area contributed by atoms with E-state index < -0.39 is 10.0 Å². The summed E-state index contributed by atoms with van der Waals surface area (Å²) in [5.74, 6) is 1.19. The fraction of sp³-hybridized carbons (Fsp3) is 0.214. The van der Waals surface area contributed by atoms with Gasteiger partial charge in [-0.1, -0.05) is 0 Å². The van der Waals surface area contributed by atoms with Gasteiger partial charge in [0.15, 0.2) is 0 Å². The number of aromatic nitrogens is 1. The van der Waals surface area contributed by atoms with Crippen molar-refractivity contribution in [2.45, 2.75) is 11.8 Å². The number of benzene rings is 1. The van der Waals surface area contributed by atoms with Gasteiger partial charge in [-0.15, -0.1) is 0 Å². The van der Waals surface area contributed by atoms with Gasteiger partial charge in [-0.3, -0.25) is 4.72 Å². The molecule has 6 nitrogen and oxygen atoms in total. The molecule has 112 valence electrons. The maximum atomic E-state index is 12.3. The van der Waals surface area contributed by atoms with E-state index >= 15 is 0 Å². The van der Waals surface area contributed by atoms with Gasteiger partial charge in [0.05, 0.1) is 11.5 Å². The number of hydrogen-bond donors (Lipinski definition) is 2. The van der Waals surface area contributed by atoms with E-state index in [4.69, 9.17) is 4.74 Å². The normalized spacial score (nSPS) is 11.0. The van der Waals surface area contributed by atoms with Crippen LogP contribution in [0.15, 0.2) is 47.5 Å². The molecule has 0 fully saturated rings. The first-order chi connectivity index (χ1) is 10.0. The van der Waals surface area contributed by atoms with E-state index in [-0.39, 0.29) is 4.90 Å². The molecular weight excluding hydrogens is 290 g/mol. The number of hydrogen-bond acceptors (Lipinski definition) is 5. The van der Waals surface area contributed by atoms with Crippen LogP contribution in [0.2, 0.25) is 0 Å². The summed E-state index contributed by atoms with van der Waals surface area (Å²) in [6.45, 7) is 2.45. The number of nitrogens with zero attached hydrogens (tertiary/aromatic N) is 1. The highest BCUT2D eigenvalue weighted by atomic mass is 32.2. The Balaban J connectivity index is 2.20. The Morgan fingerprint density at radius 3 is 2.52 bits per heavy atom. The molecule has 0 spiro atoms. The SMILES string of the molecule is CCOc1ccc(NS(=O)(=O)c2ccnc(NC)c2)cc1. The van der Waals surface area contributed by atoms with Crippen molar-refractivity contribution >= 4 is 21.5 Å². The highest BCUT2D eigenvalue weighted by Crippen LogP contribution is 2.20. The van der Waals surface area contributed by atoms with Crippen LogP contribution in [0.1, 0.15) is 6.92 Å². The second-order valence-corrected chi connectivity index (χ2v) is 5.87. The minimum atomic E-state index is -3.64. The maximum absolute atomic E-state index is 12.3. The summed E-state index contributed by atoms with van der Waals surface area (Å²) < 4.78 is 32.4. The molecule has 7 heteroatoms.